The molecule has 0 heterocycles. The summed E-state index contributed by atoms with van der Waals surface area (Å²) in [6, 6.07) is 8.14. The number of carbonyl (C=O) groups excluding carboxylic acids is 1. The molecule has 0 atom stereocenters. The lowest BCUT2D eigenvalue weighted by molar-refractivity contribution is -0.122. The summed E-state index contributed by atoms with van der Waals surface area (Å²) in [6.45, 7) is 6.58. The summed E-state index contributed by atoms with van der Waals surface area (Å²) >= 11 is 0. The van der Waals surface area contributed by atoms with Gasteiger partial charge in [0.2, 0.25) is 5.91 Å². The number of unbranched alkanes of at least 4 members (excludes halogenated alkanes) is 1. The van der Waals surface area contributed by atoms with E-state index in [1.807, 2.05) is 36.1 Å². The fourth-order valence-corrected chi connectivity index (χ4v) is 1.96. The topological polar surface area (TPSA) is 52.6 Å². The molecule has 2 N–H and O–H groups in total. The average Bonchev–Trinajstić information content (AvgIpc) is 2.44. The standard InChI is InChI=1S/C16H26N2O2/c1-3-4-9-18(10-11-19)13-16(20)17-12-15-7-5-14(2)6-8-15/h5-8,19H,3-4,9-13H2,1-2H3,(H,17,20). The fraction of sp³-hybridized carbons (Fsp3) is 0.562. The van der Waals surface area contributed by atoms with Crippen LogP contribution in [-0.2, 0) is 11.3 Å². The highest BCUT2D eigenvalue weighted by Gasteiger charge is 2.09. The van der Waals surface area contributed by atoms with Gasteiger partial charge in [-0.3, -0.25) is 9.69 Å². The van der Waals surface area contributed by atoms with Crippen LogP contribution >= 0.6 is 0 Å². The molecular weight excluding hydrogens is 252 g/mol. The number of aliphatic hydroxyl groups excluding tert-OH is 1. The number of hydrogen-bond acceptors (Lipinski definition) is 3. The van der Waals surface area contributed by atoms with E-state index in [4.69, 9.17) is 5.11 Å². The van der Waals surface area contributed by atoms with Crippen molar-refractivity contribution in [2.24, 2.45) is 0 Å². The highest BCUT2D eigenvalue weighted by atomic mass is 16.3. The second kappa shape index (κ2) is 9.50. The van der Waals surface area contributed by atoms with Crippen molar-refractivity contribution in [3.8, 4) is 0 Å². The van der Waals surface area contributed by atoms with Crippen molar-refractivity contribution >= 4 is 5.91 Å². The molecule has 0 aliphatic heterocycles. The van der Waals surface area contributed by atoms with Crippen LogP contribution in [0.5, 0.6) is 0 Å². The summed E-state index contributed by atoms with van der Waals surface area (Å²) in [7, 11) is 0. The normalized spacial score (nSPS) is 10.8. The van der Waals surface area contributed by atoms with E-state index in [1.165, 1.54) is 5.56 Å². The van der Waals surface area contributed by atoms with Gasteiger partial charge in [-0.05, 0) is 25.5 Å². The predicted octanol–water partition coefficient (Wildman–Crippen LogP) is 1.71. The van der Waals surface area contributed by atoms with E-state index in [0.717, 1.165) is 24.9 Å². The Morgan fingerprint density at radius 2 is 1.95 bits per heavy atom. The Kier molecular flexibility index (Phi) is 7.92. The smallest absolute Gasteiger partial charge is 0.234 e. The minimum absolute atomic E-state index is 0.00938. The van der Waals surface area contributed by atoms with E-state index < -0.39 is 0 Å². The van der Waals surface area contributed by atoms with E-state index in [9.17, 15) is 4.79 Å². The number of hydrogen-bond donors (Lipinski definition) is 2. The highest BCUT2D eigenvalue weighted by molar-refractivity contribution is 5.78. The van der Waals surface area contributed by atoms with Crippen LogP contribution < -0.4 is 5.32 Å². The van der Waals surface area contributed by atoms with Gasteiger partial charge in [-0.15, -0.1) is 0 Å². The maximum absolute atomic E-state index is 11.9. The van der Waals surface area contributed by atoms with Gasteiger partial charge < -0.3 is 10.4 Å². The van der Waals surface area contributed by atoms with Crippen molar-refractivity contribution in [3.05, 3.63) is 35.4 Å². The van der Waals surface area contributed by atoms with Crippen molar-refractivity contribution in [2.45, 2.75) is 33.2 Å². The molecule has 1 rings (SSSR count). The van der Waals surface area contributed by atoms with Gasteiger partial charge in [0.05, 0.1) is 13.2 Å². The van der Waals surface area contributed by atoms with Crippen molar-refractivity contribution in [3.63, 3.8) is 0 Å². The Labute approximate surface area is 121 Å². The van der Waals surface area contributed by atoms with Gasteiger partial charge in [0.1, 0.15) is 0 Å². The Hall–Kier alpha value is -1.39. The van der Waals surface area contributed by atoms with Gasteiger partial charge in [0, 0.05) is 13.1 Å². The van der Waals surface area contributed by atoms with Crippen LogP contribution in [-0.4, -0.2) is 42.2 Å². The molecule has 0 bridgehead atoms. The molecular formula is C16H26N2O2. The molecule has 0 aromatic heterocycles. The number of nitrogens with one attached hydrogen (secondary N) is 1. The molecule has 4 nitrogen and oxygen atoms in total. The Bertz CT molecular complexity index is 390. The average molecular weight is 278 g/mol. The zero-order valence-corrected chi connectivity index (χ0v) is 12.6. The molecule has 0 saturated carbocycles. The quantitative estimate of drug-likeness (QED) is 0.723. The maximum atomic E-state index is 11.9. The first-order valence-electron chi connectivity index (χ1n) is 7.31. The van der Waals surface area contributed by atoms with E-state index >= 15 is 0 Å². The molecule has 1 amide bonds. The summed E-state index contributed by atoms with van der Waals surface area (Å²) in [4.78, 5) is 13.9. The third-order valence-electron chi connectivity index (χ3n) is 3.22. The maximum Gasteiger partial charge on any atom is 0.234 e. The lowest BCUT2D eigenvalue weighted by atomic mass is 10.1. The van der Waals surface area contributed by atoms with E-state index in [0.29, 0.717) is 19.6 Å². The minimum atomic E-state index is 0.00938. The number of nitrogens with zero attached hydrogens (tertiary/aromatic N) is 1. The summed E-state index contributed by atoms with van der Waals surface area (Å²) in [6.07, 6.45) is 2.14. The van der Waals surface area contributed by atoms with Crippen LogP contribution in [0.1, 0.15) is 30.9 Å². The van der Waals surface area contributed by atoms with Crippen molar-refractivity contribution < 1.29 is 9.90 Å². The number of aliphatic hydroxyl groups is 1. The van der Waals surface area contributed by atoms with Gasteiger partial charge in [0.15, 0.2) is 0 Å². The lowest BCUT2D eigenvalue weighted by Crippen LogP contribution is -2.38. The third-order valence-corrected chi connectivity index (χ3v) is 3.22. The molecule has 0 fully saturated rings. The molecule has 4 heteroatoms. The van der Waals surface area contributed by atoms with Gasteiger partial charge >= 0.3 is 0 Å². The first kappa shape index (κ1) is 16.7. The predicted molar refractivity (Wildman–Crippen MR) is 81.5 cm³/mol. The molecule has 112 valence electrons. The van der Waals surface area contributed by atoms with Gasteiger partial charge in [-0.2, -0.15) is 0 Å². The zero-order chi connectivity index (χ0) is 14.8. The van der Waals surface area contributed by atoms with Gasteiger partial charge in [-0.1, -0.05) is 43.2 Å². The second-order valence-electron chi connectivity index (χ2n) is 5.12. The number of rotatable bonds is 9. The van der Waals surface area contributed by atoms with Crippen LogP contribution in [0.15, 0.2) is 24.3 Å². The Balaban J connectivity index is 2.35. The molecule has 1 aromatic rings. The first-order valence-corrected chi connectivity index (χ1v) is 7.31. The summed E-state index contributed by atoms with van der Waals surface area (Å²) in [5, 5.41) is 11.9. The summed E-state index contributed by atoms with van der Waals surface area (Å²) in [5.41, 5.74) is 2.32. The van der Waals surface area contributed by atoms with Crippen molar-refractivity contribution in [2.75, 3.05) is 26.2 Å². The molecule has 1 aromatic carbocycles. The summed E-state index contributed by atoms with van der Waals surface area (Å²) in [5.74, 6) is 0.00938. The molecule has 0 aliphatic rings. The molecule has 0 radical (unpaired) electrons. The van der Waals surface area contributed by atoms with Crippen LogP contribution in [0.2, 0.25) is 0 Å². The van der Waals surface area contributed by atoms with Crippen LogP contribution in [0, 0.1) is 6.92 Å². The number of carbonyl (C=O) groups is 1. The number of benzene rings is 1. The number of aryl methyl sites for hydroxylation is 1. The monoisotopic (exact) mass is 278 g/mol. The van der Waals surface area contributed by atoms with Gasteiger partial charge in [-0.25, -0.2) is 0 Å². The zero-order valence-electron chi connectivity index (χ0n) is 12.6. The van der Waals surface area contributed by atoms with Crippen LogP contribution in [0.25, 0.3) is 0 Å². The van der Waals surface area contributed by atoms with E-state index in [2.05, 4.69) is 12.2 Å². The second-order valence-corrected chi connectivity index (χ2v) is 5.12. The highest BCUT2D eigenvalue weighted by Crippen LogP contribution is 2.02. The Morgan fingerprint density at radius 3 is 2.55 bits per heavy atom. The van der Waals surface area contributed by atoms with Crippen molar-refractivity contribution in [1.29, 1.82) is 0 Å². The first-order chi connectivity index (χ1) is 9.65. The largest absolute Gasteiger partial charge is 0.395 e. The van der Waals surface area contributed by atoms with E-state index in [1.54, 1.807) is 0 Å². The molecule has 0 spiro atoms. The van der Waals surface area contributed by atoms with Crippen LogP contribution in [0.3, 0.4) is 0 Å². The lowest BCUT2D eigenvalue weighted by Gasteiger charge is -2.20. The summed E-state index contributed by atoms with van der Waals surface area (Å²) < 4.78 is 0. The molecule has 20 heavy (non-hydrogen) atoms. The fourth-order valence-electron chi connectivity index (χ4n) is 1.96. The minimum Gasteiger partial charge on any atom is -0.395 e. The molecule has 0 unspecified atom stereocenters. The van der Waals surface area contributed by atoms with E-state index in [-0.39, 0.29) is 12.5 Å². The SMILES string of the molecule is CCCCN(CCO)CC(=O)NCc1ccc(C)cc1. The van der Waals surface area contributed by atoms with Crippen LogP contribution in [0.4, 0.5) is 0 Å². The number of amides is 1. The Morgan fingerprint density at radius 1 is 1.25 bits per heavy atom. The third kappa shape index (κ3) is 6.68. The van der Waals surface area contributed by atoms with Gasteiger partial charge in [0.25, 0.3) is 0 Å². The van der Waals surface area contributed by atoms with Crippen molar-refractivity contribution in [1.82, 2.24) is 10.2 Å². The molecule has 0 saturated heterocycles. The molecule has 0 aliphatic carbocycles.